The molecular weight excluding hydrogens is 254 g/mol. The Bertz CT molecular complexity index is 420. The zero-order valence-electron chi connectivity index (χ0n) is 12.7. The Morgan fingerprint density at radius 1 is 1.30 bits per heavy atom. The van der Waals surface area contributed by atoms with Gasteiger partial charge in [-0.2, -0.15) is 0 Å². The van der Waals surface area contributed by atoms with E-state index in [1.165, 1.54) is 12.8 Å². The van der Waals surface area contributed by atoms with Crippen LogP contribution in [0.2, 0.25) is 0 Å². The Morgan fingerprint density at radius 3 is 2.70 bits per heavy atom. The van der Waals surface area contributed by atoms with Crippen LogP contribution in [-0.4, -0.2) is 50.8 Å². The number of nitrogens with one attached hydrogen (secondary N) is 1. The van der Waals surface area contributed by atoms with Crippen molar-refractivity contribution in [3.8, 4) is 11.5 Å². The summed E-state index contributed by atoms with van der Waals surface area (Å²) < 4.78 is 10.8. The summed E-state index contributed by atoms with van der Waals surface area (Å²) in [5.41, 5.74) is 0.934. The Balaban J connectivity index is 1.97. The maximum absolute atomic E-state index is 5.43. The molecule has 0 bridgehead atoms. The minimum Gasteiger partial charge on any atom is -0.493 e. The molecule has 0 spiro atoms. The van der Waals surface area contributed by atoms with Crippen molar-refractivity contribution in [2.75, 3.05) is 40.9 Å². The van der Waals surface area contributed by atoms with Crippen molar-refractivity contribution in [2.45, 2.75) is 19.4 Å². The number of ether oxygens (including phenoxy) is 2. The lowest BCUT2D eigenvalue weighted by Gasteiger charge is -2.27. The molecule has 0 unspecified atom stereocenters. The van der Waals surface area contributed by atoms with Crippen molar-refractivity contribution in [1.82, 2.24) is 15.2 Å². The molecule has 5 heteroatoms. The van der Waals surface area contributed by atoms with E-state index < -0.39 is 0 Å². The largest absolute Gasteiger partial charge is 0.493 e. The number of piperidine rings is 1. The van der Waals surface area contributed by atoms with Crippen molar-refractivity contribution in [3.63, 3.8) is 0 Å². The van der Waals surface area contributed by atoms with Crippen molar-refractivity contribution in [3.05, 3.63) is 18.0 Å². The Labute approximate surface area is 121 Å². The van der Waals surface area contributed by atoms with E-state index in [1.54, 1.807) is 20.4 Å². The summed E-state index contributed by atoms with van der Waals surface area (Å²) in [7, 11) is 5.46. The van der Waals surface area contributed by atoms with Crippen LogP contribution in [0.15, 0.2) is 12.3 Å². The standard InChI is InChI=1S/C15H25N3O2/c1-18(10-12-4-7-16-8-5-12)11-13-15(20-3)14(19-2)6-9-17-13/h6,9,12,16H,4-5,7-8,10-11H2,1-3H3. The van der Waals surface area contributed by atoms with Crippen LogP contribution < -0.4 is 14.8 Å². The van der Waals surface area contributed by atoms with Gasteiger partial charge in [0, 0.05) is 25.4 Å². The van der Waals surface area contributed by atoms with Gasteiger partial charge in [0.15, 0.2) is 11.5 Å². The Hall–Kier alpha value is -1.33. The second-order valence-electron chi connectivity index (χ2n) is 5.38. The summed E-state index contributed by atoms with van der Waals surface area (Å²) in [5, 5.41) is 3.40. The molecule has 0 aliphatic carbocycles. The quantitative estimate of drug-likeness (QED) is 0.855. The predicted molar refractivity (Wildman–Crippen MR) is 79.3 cm³/mol. The predicted octanol–water partition coefficient (Wildman–Crippen LogP) is 1.53. The van der Waals surface area contributed by atoms with Gasteiger partial charge in [0.05, 0.1) is 14.2 Å². The molecule has 1 aliphatic heterocycles. The molecule has 2 heterocycles. The molecule has 5 nitrogen and oxygen atoms in total. The molecule has 0 aromatic carbocycles. The number of rotatable bonds is 6. The number of aromatic nitrogens is 1. The van der Waals surface area contributed by atoms with E-state index in [0.29, 0.717) is 0 Å². The third kappa shape index (κ3) is 3.84. The van der Waals surface area contributed by atoms with Gasteiger partial charge >= 0.3 is 0 Å². The number of hydrogen-bond donors (Lipinski definition) is 1. The van der Waals surface area contributed by atoms with Gasteiger partial charge in [-0.05, 0) is 38.9 Å². The van der Waals surface area contributed by atoms with E-state index in [1.807, 2.05) is 6.07 Å². The first kappa shape index (κ1) is 15.1. The molecule has 20 heavy (non-hydrogen) atoms. The first-order valence-electron chi connectivity index (χ1n) is 7.19. The highest BCUT2D eigenvalue weighted by atomic mass is 16.5. The number of pyridine rings is 1. The summed E-state index contributed by atoms with van der Waals surface area (Å²) in [6.45, 7) is 4.16. The Morgan fingerprint density at radius 2 is 2.05 bits per heavy atom. The highest BCUT2D eigenvalue weighted by Crippen LogP contribution is 2.29. The van der Waals surface area contributed by atoms with E-state index in [-0.39, 0.29) is 0 Å². The Kier molecular flexibility index (Phi) is 5.61. The zero-order chi connectivity index (χ0) is 14.4. The normalized spacial score (nSPS) is 16.4. The fourth-order valence-electron chi connectivity index (χ4n) is 2.79. The smallest absolute Gasteiger partial charge is 0.183 e. The molecule has 0 atom stereocenters. The topological polar surface area (TPSA) is 46.6 Å². The van der Waals surface area contributed by atoms with Crippen LogP contribution in [0.4, 0.5) is 0 Å². The van der Waals surface area contributed by atoms with E-state index in [9.17, 15) is 0 Å². The minimum absolute atomic E-state index is 0.743. The maximum Gasteiger partial charge on any atom is 0.183 e. The minimum atomic E-state index is 0.743. The molecule has 1 aromatic rings. The molecule has 1 N–H and O–H groups in total. The summed E-state index contributed by atoms with van der Waals surface area (Å²) in [6, 6.07) is 1.83. The summed E-state index contributed by atoms with van der Waals surface area (Å²) >= 11 is 0. The fourth-order valence-corrected chi connectivity index (χ4v) is 2.79. The lowest BCUT2D eigenvalue weighted by molar-refractivity contribution is 0.229. The van der Waals surface area contributed by atoms with Gasteiger partial charge in [0.25, 0.3) is 0 Å². The first-order chi connectivity index (χ1) is 9.74. The van der Waals surface area contributed by atoms with Crippen LogP contribution in [0.5, 0.6) is 11.5 Å². The fraction of sp³-hybridized carbons (Fsp3) is 0.667. The number of nitrogens with zero attached hydrogens (tertiary/aromatic N) is 2. The zero-order valence-corrected chi connectivity index (χ0v) is 12.7. The van der Waals surface area contributed by atoms with E-state index in [4.69, 9.17) is 9.47 Å². The maximum atomic E-state index is 5.43. The molecule has 112 valence electrons. The second-order valence-corrected chi connectivity index (χ2v) is 5.38. The summed E-state index contributed by atoms with van der Waals surface area (Å²) in [4.78, 5) is 6.75. The van der Waals surface area contributed by atoms with Gasteiger partial charge in [-0.3, -0.25) is 4.98 Å². The van der Waals surface area contributed by atoms with Gasteiger partial charge < -0.3 is 19.7 Å². The molecule has 2 rings (SSSR count). The van der Waals surface area contributed by atoms with Crippen LogP contribution in [0, 0.1) is 5.92 Å². The summed E-state index contributed by atoms with van der Waals surface area (Å²) in [5.74, 6) is 2.26. The van der Waals surface area contributed by atoms with Gasteiger partial charge in [-0.15, -0.1) is 0 Å². The van der Waals surface area contributed by atoms with Gasteiger partial charge in [0.1, 0.15) is 5.69 Å². The van der Waals surface area contributed by atoms with Gasteiger partial charge in [-0.1, -0.05) is 0 Å². The molecule has 0 saturated carbocycles. The average molecular weight is 279 g/mol. The first-order valence-corrected chi connectivity index (χ1v) is 7.19. The average Bonchev–Trinajstić information content (AvgIpc) is 2.47. The van der Waals surface area contributed by atoms with E-state index in [2.05, 4.69) is 22.2 Å². The monoisotopic (exact) mass is 279 g/mol. The van der Waals surface area contributed by atoms with Crippen molar-refractivity contribution >= 4 is 0 Å². The summed E-state index contributed by atoms with van der Waals surface area (Å²) in [6.07, 6.45) is 4.29. The molecule has 1 fully saturated rings. The van der Waals surface area contributed by atoms with Gasteiger partial charge in [0.2, 0.25) is 0 Å². The third-order valence-electron chi connectivity index (χ3n) is 3.81. The number of hydrogen-bond acceptors (Lipinski definition) is 5. The van der Waals surface area contributed by atoms with Crippen molar-refractivity contribution in [2.24, 2.45) is 5.92 Å². The molecule has 0 amide bonds. The lowest BCUT2D eigenvalue weighted by atomic mass is 9.98. The third-order valence-corrected chi connectivity index (χ3v) is 3.81. The van der Waals surface area contributed by atoms with Crippen LogP contribution in [0.1, 0.15) is 18.5 Å². The molecule has 0 radical (unpaired) electrons. The van der Waals surface area contributed by atoms with Crippen LogP contribution in [-0.2, 0) is 6.54 Å². The molecule has 1 saturated heterocycles. The molecule has 1 aliphatic rings. The second kappa shape index (κ2) is 7.45. The van der Waals surface area contributed by atoms with Crippen LogP contribution >= 0.6 is 0 Å². The van der Waals surface area contributed by atoms with Crippen LogP contribution in [0.25, 0.3) is 0 Å². The van der Waals surface area contributed by atoms with E-state index >= 15 is 0 Å². The number of methoxy groups -OCH3 is 2. The van der Waals surface area contributed by atoms with Crippen LogP contribution in [0.3, 0.4) is 0 Å². The lowest BCUT2D eigenvalue weighted by Crippen LogP contribution is -2.34. The molecule has 1 aromatic heterocycles. The SMILES string of the molecule is COc1ccnc(CN(C)CC2CCNCC2)c1OC. The van der Waals surface area contributed by atoms with Crippen molar-refractivity contribution in [1.29, 1.82) is 0 Å². The highest BCUT2D eigenvalue weighted by molar-refractivity contribution is 5.42. The highest BCUT2D eigenvalue weighted by Gasteiger charge is 2.17. The molecular formula is C15H25N3O2. The van der Waals surface area contributed by atoms with E-state index in [0.717, 1.165) is 49.3 Å². The van der Waals surface area contributed by atoms with Crippen molar-refractivity contribution < 1.29 is 9.47 Å². The van der Waals surface area contributed by atoms with Gasteiger partial charge in [-0.25, -0.2) is 0 Å².